The number of aromatic amines is 1. The highest BCUT2D eigenvalue weighted by Gasteiger charge is 2.09. The van der Waals surface area contributed by atoms with Gasteiger partial charge in [0, 0.05) is 11.7 Å². The fourth-order valence-corrected chi connectivity index (χ4v) is 2.51. The Morgan fingerprint density at radius 2 is 2.05 bits per heavy atom. The Morgan fingerprint density at radius 1 is 1.32 bits per heavy atom. The van der Waals surface area contributed by atoms with Crippen LogP contribution in [0.3, 0.4) is 0 Å². The van der Waals surface area contributed by atoms with Crippen molar-refractivity contribution in [2.75, 3.05) is 6.61 Å². The van der Waals surface area contributed by atoms with Gasteiger partial charge in [0.15, 0.2) is 0 Å². The molecule has 0 saturated heterocycles. The molecule has 0 aliphatic rings. The molecular formula is C16H21N3O2S. The highest BCUT2D eigenvalue weighted by molar-refractivity contribution is 7.98. The average Bonchev–Trinajstić information content (AvgIpc) is 3.00. The van der Waals surface area contributed by atoms with E-state index in [9.17, 15) is 4.79 Å². The largest absolute Gasteiger partial charge is 0.462 e. The summed E-state index contributed by atoms with van der Waals surface area (Å²) in [6.07, 6.45) is 0.829. The molecule has 5 nitrogen and oxygen atoms in total. The number of H-pyrrole nitrogens is 1. The fourth-order valence-electron chi connectivity index (χ4n) is 1.74. The third-order valence-corrected chi connectivity index (χ3v) is 3.94. The van der Waals surface area contributed by atoms with Crippen molar-refractivity contribution in [3.8, 4) is 0 Å². The predicted molar refractivity (Wildman–Crippen MR) is 87.0 cm³/mol. The van der Waals surface area contributed by atoms with Crippen molar-refractivity contribution in [1.29, 1.82) is 0 Å². The van der Waals surface area contributed by atoms with E-state index in [1.165, 1.54) is 0 Å². The summed E-state index contributed by atoms with van der Waals surface area (Å²) in [7, 11) is 0. The first-order chi connectivity index (χ1) is 10.6. The third-order valence-electron chi connectivity index (χ3n) is 3.02. The van der Waals surface area contributed by atoms with E-state index >= 15 is 0 Å². The molecule has 6 heteroatoms. The highest BCUT2D eigenvalue weighted by Crippen LogP contribution is 2.21. The minimum atomic E-state index is -0.267. The first-order valence-electron chi connectivity index (χ1n) is 7.41. The number of hydrogen-bond donors (Lipinski definition) is 1. The van der Waals surface area contributed by atoms with Crippen molar-refractivity contribution in [3.05, 3.63) is 41.2 Å². The van der Waals surface area contributed by atoms with Gasteiger partial charge in [-0.15, -0.1) is 5.10 Å². The molecule has 0 bridgehead atoms. The summed E-state index contributed by atoms with van der Waals surface area (Å²) in [4.78, 5) is 16.1. The molecule has 0 fully saturated rings. The number of nitrogens with one attached hydrogen (secondary N) is 1. The Morgan fingerprint density at radius 3 is 2.64 bits per heavy atom. The van der Waals surface area contributed by atoms with Crippen molar-refractivity contribution in [1.82, 2.24) is 15.2 Å². The number of rotatable bonds is 7. The van der Waals surface area contributed by atoms with Crippen LogP contribution in [0.5, 0.6) is 0 Å². The van der Waals surface area contributed by atoms with E-state index in [-0.39, 0.29) is 5.97 Å². The van der Waals surface area contributed by atoms with Crippen LogP contribution in [0.2, 0.25) is 0 Å². The molecule has 1 heterocycles. The zero-order valence-electron chi connectivity index (χ0n) is 13.1. The van der Waals surface area contributed by atoms with Gasteiger partial charge in [0.05, 0.1) is 12.2 Å². The highest BCUT2D eigenvalue weighted by atomic mass is 32.2. The first-order valence-corrected chi connectivity index (χ1v) is 8.40. The SMILES string of the molecule is CCCOC(=O)c1ccc(CSc2n[nH]c(C(C)C)n2)cc1. The maximum atomic E-state index is 11.7. The molecule has 1 aromatic heterocycles. The molecule has 0 aliphatic heterocycles. The summed E-state index contributed by atoms with van der Waals surface area (Å²) in [6.45, 7) is 6.58. The van der Waals surface area contributed by atoms with Crippen molar-refractivity contribution < 1.29 is 9.53 Å². The molecule has 0 atom stereocenters. The average molecular weight is 319 g/mol. The van der Waals surface area contributed by atoms with Crippen molar-refractivity contribution >= 4 is 17.7 Å². The van der Waals surface area contributed by atoms with Crippen LogP contribution in [-0.2, 0) is 10.5 Å². The Kier molecular flexibility index (Phi) is 6.00. The Bertz CT molecular complexity index is 608. The summed E-state index contributed by atoms with van der Waals surface area (Å²) in [5.41, 5.74) is 1.70. The van der Waals surface area contributed by atoms with Crippen LogP contribution in [0.4, 0.5) is 0 Å². The molecule has 0 spiro atoms. The molecule has 0 amide bonds. The molecule has 0 saturated carbocycles. The third kappa shape index (κ3) is 4.59. The summed E-state index contributed by atoms with van der Waals surface area (Å²) < 4.78 is 5.10. The van der Waals surface area contributed by atoms with Crippen molar-refractivity contribution in [2.45, 2.75) is 44.0 Å². The molecule has 0 radical (unpaired) electrons. The van der Waals surface area contributed by atoms with Gasteiger partial charge in [0.25, 0.3) is 0 Å². The minimum absolute atomic E-state index is 0.267. The van der Waals surface area contributed by atoms with E-state index in [0.29, 0.717) is 18.1 Å². The molecule has 0 unspecified atom stereocenters. The van der Waals surface area contributed by atoms with Crippen molar-refractivity contribution in [3.63, 3.8) is 0 Å². The lowest BCUT2D eigenvalue weighted by Gasteiger charge is -2.04. The lowest BCUT2D eigenvalue weighted by atomic mass is 10.1. The van der Waals surface area contributed by atoms with Gasteiger partial charge in [0.1, 0.15) is 5.82 Å². The fraction of sp³-hybridized carbons (Fsp3) is 0.438. The van der Waals surface area contributed by atoms with Gasteiger partial charge in [0.2, 0.25) is 5.16 Å². The van der Waals surface area contributed by atoms with Gasteiger partial charge in [-0.05, 0) is 24.1 Å². The molecule has 2 aromatic rings. The number of carbonyl (C=O) groups excluding carboxylic acids is 1. The molecule has 2 rings (SSSR count). The molecule has 0 aliphatic carbocycles. The van der Waals surface area contributed by atoms with E-state index in [0.717, 1.165) is 28.7 Å². The number of benzene rings is 1. The molecule has 1 N–H and O–H groups in total. The van der Waals surface area contributed by atoms with Crippen LogP contribution in [-0.4, -0.2) is 27.8 Å². The summed E-state index contributed by atoms with van der Waals surface area (Å²) >= 11 is 1.57. The quantitative estimate of drug-likeness (QED) is 0.621. The standard InChI is InChI=1S/C16H21N3O2S/c1-4-9-21-15(20)13-7-5-12(6-8-13)10-22-16-17-14(11(2)3)18-19-16/h5-8,11H,4,9-10H2,1-3H3,(H,17,18,19). The van der Waals surface area contributed by atoms with E-state index in [1.807, 2.05) is 19.1 Å². The lowest BCUT2D eigenvalue weighted by Crippen LogP contribution is -2.05. The van der Waals surface area contributed by atoms with Gasteiger partial charge >= 0.3 is 5.97 Å². The normalized spacial score (nSPS) is 10.9. The van der Waals surface area contributed by atoms with Crippen LogP contribution in [0.15, 0.2) is 29.4 Å². The number of hydrogen-bond acceptors (Lipinski definition) is 5. The van der Waals surface area contributed by atoms with Gasteiger partial charge in [-0.1, -0.05) is 44.7 Å². The summed E-state index contributed by atoms with van der Waals surface area (Å²) in [6, 6.07) is 7.47. The summed E-state index contributed by atoms with van der Waals surface area (Å²) in [5, 5.41) is 7.87. The van der Waals surface area contributed by atoms with Gasteiger partial charge in [-0.3, -0.25) is 5.10 Å². The Labute approximate surface area is 134 Å². The first kappa shape index (κ1) is 16.5. The summed E-state index contributed by atoms with van der Waals surface area (Å²) in [5.74, 6) is 1.74. The van der Waals surface area contributed by atoms with Crippen LogP contribution >= 0.6 is 11.8 Å². The smallest absolute Gasteiger partial charge is 0.338 e. The van der Waals surface area contributed by atoms with Gasteiger partial charge in [-0.2, -0.15) is 0 Å². The molecule has 1 aromatic carbocycles. The second kappa shape index (κ2) is 7.98. The van der Waals surface area contributed by atoms with E-state index in [1.54, 1.807) is 23.9 Å². The van der Waals surface area contributed by atoms with Crippen LogP contribution in [0.1, 0.15) is 54.9 Å². The van der Waals surface area contributed by atoms with Gasteiger partial charge < -0.3 is 4.74 Å². The second-order valence-electron chi connectivity index (χ2n) is 5.28. The number of esters is 1. The van der Waals surface area contributed by atoms with Crippen LogP contribution in [0, 0.1) is 0 Å². The van der Waals surface area contributed by atoms with Crippen molar-refractivity contribution in [2.24, 2.45) is 0 Å². The zero-order valence-corrected chi connectivity index (χ0v) is 13.9. The number of thioether (sulfide) groups is 1. The topological polar surface area (TPSA) is 67.9 Å². The monoisotopic (exact) mass is 319 g/mol. The van der Waals surface area contributed by atoms with Gasteiger partial charge in [-0.25, -0.2) is 9.78 Å². The second-order valence-corrected chi connectivity index (χ2v) is 6.22. The lowest BCUT2D eigenvalue weighted by molar-refractivity contribution is 0.0505. The number of carbonyl (C=O) groups is 1. The predicted octanol–water partition coefficient (Wildman–Crippen LogP) is 3.79. The van der Waals surface area contributed by atoms with Crippen LogP contribution < -0.4 is 0 Å². The number of ether oxygens (including phenoxy) is 1. The number of aromatic nitrogens is 3. The minimum Gasteiger partial charge on any atom is -0.462 e. The van der Waals surface area contributed by atoms with Crippen LogP contribution in [0.25, 0.3) is 0 Å². The maximum absolute atomic E-state index is 11.7. The van der Waals surface area contributed by atoms with E-state index < -0.39 is 0 Å². The van der Waals surface area contributed by atoms with E-state index in [2.05, 4.69) is 29.0 Å². The molecule has 118 valence electrons. The molecular weight excluding hydrogens is 298 g/mol. The number of nitrogens with zero attached hydrogens (tertiary/aromatic N) is 2. The zero-order chi connectivity index (χ0) is 15.9. The Balaban J connectivity index is 1.89. The Hall–Kier alpha value is -1.82. The van der Waals surface area contributed by atoms with E-state index in [4.69, 9.17) is 4.74 Å². The maximum Gasteiger partial charge on any atom is 0.338 e. The molecule has 22 heavy (non-hydrogen) atoms.